The summed E-state index contributed by atoms with van der Waals surface area (Å²) in [6.07, 6.45) is 0.104. The third-order valence-corrected chi connectivity index (χ3v) is 2.92. The van der Waals surface area contributed by atoms with E-state index in [-0.39, 0.29) is 12.0 Å². The number of halogens is 1. The molecule has 1 atom stereocenters. The number of benzene rings is 1. The molecule has 1 aromatic heterocycles. The van der Waals surface area contributed by atoms with Gasteiger partial charge in [-0.3, -0.25) is 9.59 Å². The van der Waals surface area contributed by atoms with Crippen molar-refractivity contribution in [1.82, 2.24) is 4.98 Å². The summed E-state index contributed by atoms with van der Waals surface area (Å²) in [6.45, 7) is 0. The van der Waals surface area contributed by atoms with Crippen molar-refractivity contribution in [3.05, 3.63) is 45.2 Å². The maximum atomic E-state index is 11.8. The van der Waals surface area contributed by atoms with E-state index in [0.29, 0.717) is 16.1 Å². The van der Waals surface area contributed by atoms with Gasteiger partial charge in [-0.1, -0.05) is 11.6 Å². The van der Waals surface area contributed by atoms with Crippen LogP contribution < -0.4 is 17.0 Å². The molecule has 0 radical (unpaired) electrons. The van der Waals surface area contributed by atoms with E-state index in [1.54, 1.807) is 24.3 Å². The lowest BCUT2D eigenvalue weighted by molar-refractivity contribution is -0.119. The highest BCUT2D eigenvalue weighted by molar-refractivity contribution is 6.31. The van der Waals surface area contributed by atoms with Crippen LogP contribution in [0.3, 0.4) is 0 Å². The zero-order valence-corrected chi connectivity index (χ0v) is 10.2. The summed E-state index contributed by atoms with van der Waals surface area (Å²) in [5.74, 6) is -0.638. The van der Waals surface area contributed by atoms with Gasteiger partial charge in [-0.05, 0) is 29.7 Å². The largest absolute Gasteiger partial charge is 0.368 e. The van der Waals surface area contributed by atoms with Gasteiger partial charge in [0.05, 0.1) is 6.04 Å². The fraction of sp³-hybridized carbons (Fsp3) is 0.167. The number of hydrogen-bond donors (Lipinski definition) is 3. The molecule has 1 unspecified atom stereocenters. The Labute approximate surface area is 108 Å². The number of amides is 1. The second kappa shape index (κ2) is 4.80. The highest BCUT2D eigenvalue weighted by Gasteiger charge is 2.13. The molecule has 0 bridgehead atoms. The van der Waals surface area contributed by atoms with Crippen LogP contribution in [0.25, 0.3) is 10.9 Å². The molecular formula is C12H12ClN3O2. The smallest absolute Gasteiger partial charge is 0.251 e. The minimum Gasteiger partial charge on any atom is -0.368 e. The van der Waals surface area contributed by atoms with E-state index in [0.717, 1.165) is 5.39 Å². The van der Waals surface area contributed by atoms with Crippen molar-refractivity contribution in [2.24, 2.45) is 11.5 Å². The molecule has 2 aromatic rings. The fourth-order valence-electron chi connectivity index (χ4n) is 1.71. The van der Waals surface area contributed by atoms with Gasteiger partial charge in [0.25, 0.3) is 5.56 Å². The lowest BCUT2D eigenvalue weighted by atomic mass is 10.1. The van der Waals surface area contributed by atoms with Crippen molar-refractivity contribution in [2.75, 3.05) is 0 Å². The summed E-state index contributed by atoms with van der Waals surface area (Å²) >= 11 is 5.88. The maximum absolute atomic E-state index is 11.8. The second-order valence-electron chi connectivity index (χ2n) is 4.07. The Bertz CT molecular complexity index is 666. The molecular weight excluding hydrogens is 254 g/mol. The van der Waals surface area contributed by atoms with Gasteiger partial charge in [-0.15, -0.1) is 0 Å². The lowest BCUT2D eigenvalue weighted by Crippen LogP contribution is -2.39. The number of rotatable bonds is 3. The molecule has 0 aliphatic carbocycles. The van der Waals surface area contributed by atoms with Gasteiger partial charge in [0, 0.05) is 22.5 Å². The fourth-order valence-corrected chi connectivity index (χ4v) is 1.89. The first kappa shape index (κ1) is 12.6. The van der Waals surface area contributed by atoms with E-state index in [4.69, 9.17) is 23.1 Å². The minimum atomic E-state index is -0.872. The van der Waals surface area contributed by atoms with Gasteiger partial charge in [-0.2, -0.15) is 0 Å². The number of pyridine rings is 1. The van der Waals surface area contributed by atoms with Crippen LogP contribution in [0.1, 0.15) is 5.56 Å². The van der Waals surface area contributed by atoms with E-state index >= 15 is 0 Å². The first-order valence-electron chi connectivity index (χ1n) is 5.34. The van der Waals surface area contributed by atoms with E-state index in [1.807, 2.05) is 0 Å². The molecule has 0 aliphatic heterocycles. The van der Waals surface area contributed by atoms with Gasteiger partial charge < -0.3 is 16.5 Å². The SMILES string of the molecule is NC(=O)C(N)Cc1cc2cc(Cl)ccc2[nH]c1=O. The molecule has 1 amide bonds. The average molecular weight is 266 g/mol. The summed E-state index contributed by atoms with van der Waals surface area (Å²) in [5.41, 5.74) is 11.4. The number of nitrogens with one attached hydrogen (secondary N) is 1. The molecule has 18 heavy (non-hydrogen) atoms. The van der Waals surface area contributed by atoms with E-state index in [2.05, 4.69) is 4.98 Å². The Morgan fingerprint density at radius 2 is 2.11 bits per heavy atom. The Balaban J connectivity index is 2.48. The van der Waals surface area contributed by atoms with Crippen molar-refractivity contribution in [1.29, 1.82) is 0 Å². The van der Waals surface area contributed by atoms with Crippen molar-refractivity contribution in [3.8, 4) is 0 Å². The maximum Gasteiger partial charge on any atom is 0.251 e. The van der Waals surface area contributed by atoms with Gasteiger partial charge in [0.15, 0.2) is 0 Å². The average Bonchev–Trinajstić information content (AvgIpc) is 2.30. The Hall–Kier alpha value is -1.85. The Morgan fingerprint density at radius 1 is 1.39 bits per heavy atom. The number of carbonyl (C=O) groups is 1. The van der Waals surface area contributed by atoms with Gasteiger partial charge in [-0.25, -0.2) is 0 Å². The first-order valence-corrected chi connectivity index (χ1v) is 5.71. The normalized spacial score (nSPS) is 12.6. The van der Waals surface area contributed by atoms with Crippen LogP contribution in [-0.4, -0.2) is 16.9 Å². The highest BCUT2D eigenvalue weighted by Crippen LogP contribution is 2.17. The highest BCUT2D eigenvalue weighted by atomic mass is 35.5. The standard InChI is InChI=1S/C12H12ClN3O2/c13-8-1-2-10-6(4-8)3-7(12(18)16-10)5-9(14)11(15)17/h1-4,9H,5,14H2,(H2,15,17)(H,16,18). The molecule has 6 heteroatoms. The van der Waals surface area contributed by atoms with Gasteiger partial charge in [0.2, 0.25) is 5.91 Å². The Kier molecular flexibility index (Phi) is 3.36. The lowest BCUT2D eigenvalue weighted by Gasteiger charge is -2.07. The van der Waals surface area contributed by atoms with Crippen LogP contribution in [0.15, 0.2) is 29.1 Å². The molecule has 5 nitrogen and oxygen atoms in total. The number of H-pyrrole nitrogens is 1. The third kappa shape index (κ3) is 2.52. The number of nitrogens with two attached hydrogens (primary N) is 2. The zero-order chi connectivity index (χ0) is 13.3. The van der Waals surface area contributed by atoms with Crippen LogP contribution in [-0.2, 0) is 11.2 Å². The number of fused-ring (bicyclic) bond motifs is 1. The summed E-state index contributed by atoms with van der Waals surface area (Å²) in [5, 5.41) is 1.36. The quantitative estimate of drug-likeness (QED) is 0.755. The minimum absolute atomic E-state index is 0.104. The monoisotopic (exact) mass is 265 g/mol. The number of hydrogen-bond acceptors (Lipinski definition) is 3. The summed E-state index contributed by atoms with van der Waals surface area (Å²) in [6, 6.07) is 5.93. The number of carbonyl (C=O) groups excluding carboxylic acids is 1. The van der Waals surface area contributed by atoms with Crippen LogP contribution in [0.4, 0.5) is 0 Å². The molecule has 1 heterocycles. The van der Waals surface area contributed by atoms with E-state index < -0.39 is 11.9 Å². The molecule has 2 rings (SSSR count). The molecule has 0 aliphatic rings. The first-order chi connectivity index (χ1) is 8.47. The third-order valence-electron chi connectivity index (χ3n) is 2.69. The predicted molar refractivity (Wildman–Crippen MR) is 70.5 cm³/mol. The number of aromatic amines is 1. The summed E-state index contributed by atoms with van der Waals surface area (Å²) in [7, 11) is 0. The second-order valence-corrected chi connectivity index (χ2v) is 4.50. The van der Waals surface area contributed by atoms with E-state index in [9.17, 15) is 9.59 Å². The topological polar surface area (TPSA) is 102 Å². The molecule has 0 fully saturated rings. The van der Waals surface area contributed by atoms with Crippen LogP contribution >= 0.6 is 11.6 Å². The molecule has 0 spiro atoms. The molecule has 5 N–H and O–H groups in total. The summed E-state index contributed by atoms with van der Waals surface area (Å²) in [4.78, 5) is 25.4. The van der Waals surface area contributed by atoms with Crippen LogP contribution in [0.5, 0.6) is 0 Å². The predicted octanol–water partition coefficient (Wildman–Crippen LogP) is 0.537. The van der Waals surface area contributed by atoms with Crippen LogP contribution in [0, 0.1) is 0 Å². The Morgan fingerprint density at radius 3 is 2.78 bits per heavy atom. The number of primary amides is 1. The van der Waals surface area contributed by atoms with Crippen molar-refractivity contribution < 1.29 is 4.79 Å². The molecule has 0 saturated heterocycles. The van der Waals surface area contributed by atoms with Crippen LogP contribution in [0.2, 0.25) is 5.02 Å². The number of aromatic nitrogens is 1. The van der Waals surface area contributed by atoms with Gasteiger partial charge in [0.1, 0.15) is 0 Å². The molecule has 94 valence electrons. The van der Waals surface area contributed by atoms with Crippen molar-refractivity contribution >= 4 is 28.4 Å². The zero-order valence-electron chi connectivity index (χ0n) is 9.44. The van der Waals surface area contributed by atoms with Crippen molar-refractivity contribution in [2.45, 2.75) is 12.5 Å². The molecule has 0 saturated carbocycles. The summed E-state index contributed by atoms with van der Waals surface area (Å²) < 4.78 is 0. The van der Waals surface area contributed by atoms with Crippen molar-refractivity contribution in [3.63, 3.8) is 0 Å². The van der Waals surface area contributed by atoms with E-state index in [1.165, 1.54) is 0 Å². The van der Waals surface area contributed by atoms with Gasteiger partial charge >= 0.3 is 0 Å². The molecule has 1 aromatic carbocycles.